The van der Waals surface area contributed by atoms with Crippen LogP contribution in [0.3, 0.4) is 0 Å². The molecular formula is C15H17ClN4O. The van der Waals surface area contributed by atoms with E-state index < -0.39 is 0 Å². The molecule has 2 aromatic carbocycles. The Balaban J connectivity index is 0.00000220. The largest absolute Gasteiger partial charge is 0.399 e. The number of halogens is 1. The van der Waals surface area contributed by atoms with Gasteiger partial charge in [-0.3, -0.25) is 4.79 Å². The predicted molar refractivity (Wildman–Crippen MR) is 91.0 cm³/mol. The summed E-state index contributed by atoms with van der Waals surface area (Å²) in [6.45, 7) is 0. The highest BCUT2D eigenvalue weighted by Gasteiger charge is 2.00. The van der Waals surface area contributed by atoms with Crippen LogP contribution >= 0.6 is 12.4 Å². The van der Waals surface area contributed by atoms with Crippen molar-refractivity contribution >= 4 is 47.1 Å². The summed E-state index contributed by atoms with van der Waals surface area (Å²) in [5, 5.41) is 2.71. The van der Waals surface area contributed by atoms with Crippen LogP contribution in [-0.2, 0) is 4.79 Å². The number of nitrogens with one attached hydrogen (secondary N) is 1. The highest BCUT2D eigenvalue weighted by atomic mass is 35.5. The molecule has 0 saturated heterocycles. The molecular weight excluding hydrogens is 288 g/mol. The van der Waals surface area contributed by atoms with E-state index in [1.54, 1.807) is 48.5 Å². The molecule has 0 unspecified atom stereocenters. The quantitative estimate of drug-likeness (QED) is 0.516. The molecule has 2 aromatic rings. The Bertz CT molecular complexity index is 670. The van der Waals surface area contributed by atoms with Crippen molar-refractivity contribution < 1.29 is 4.79 Å². The van der Waals surface area contributed by atoms with Gasteiger partial charge in [-0.25, -0.2) is 0 Å². The average molecular weight is 305 g/mol. The molecule has 0 atom stereocenters. The zero-order valence-corrected chi connectivity index (χ0v) is 12.1. The lowest BCUT2D eigenvalue weighted by atomic mass is 10.1. The van der Waals surface area contributed by atoms with Gasteiger partial charge in [0.15, 0.2) is 0 Å². The fourth-order valence-corrected chi connectivity index (χ4v) is 1.70. The molecule has 1 amide bonds. The average Bonchev–Trinajstić information content (AvgIpc) is 2.40. The third-order valence-electron chi connectivity index (χ3n) is 2.68. The first-order valence-corrected chi connectivity index (χ1v) is 6.04. The Labute approximate surface area is 129 Å². The van der Waals surface area contributed by atoms with Gasteiger partial charge in [0, 0.05) is 28.8 Å². The van der Waals surface area contributed by atoms with E-state index >= 15 is 0 Å². The lowest BCUT2D eigenvalue weighted by molar-refractivity contribution is -0.111. The minimum atomic E-state index is -0.266. The highest BCUT2D eigenvalue weighted by molar-refractivity contribution is 6.02. The van der Waals surface area contributed by atoms with E-state index in [1.165, 1.54) is 6.08 Å². The number of carbonyl (C=O) groups is 1. The molecule has 0 fully saturated rings. The molecule has 21 heavy (non-hydrogen) atoms. The van der Waals surface area contributed by atoms with Crippen LogP contribution in [0.15, 0.2) is 48.5 Å². The van der Waals surface area contributed by atoms with Gasteiger partial charge in [0.2, 0.25) is 5.91 Å². The Morgan fingerprint density at radius 2 is 1.71 bits per heavy atom. The first-order chi connectivity index (χ1) is 9.54. The van der Waals surface area contributed by atoms with Crippen LogP contribution in [0.5, 0.6) is 0 Å². The van der Waals surface area contributed by atoms with Crippen molar-refractivity contribution in [3.05, 3.63) is 54.1 Å². The van der Waals surface area contributed by atoms with Crippen LogP contribution < -0.4 is 22.5 Å². The van der Waals surface area contributed by atoms with Crippen LogP contribution in [0.1, 0.15) is 5.56 Å². The SMILES string of the molecule is Cl.Nc1cccc(NC(=O)C=Cc2cc(N)ccc2N)c1. The molecule has 0 aliphatic heterocycles. The fraction of sp³-hybridized carbons (Fsp3) is 0. The number of rotatable bonds is 3. The molecule has 0 aliphatic rings. The number of carbonyl (C=O) groups excluding carboxylic acids is 1. The van der Waals surface area contributed by atoms with Gasteiger partial charge in [-0.1, -0.05) is 6.07 Å². The minimum absolute atomic E-state index is 0. The van der Waals surface area contributed by atoms with E-state index in [9.17, 15) is 4.79 Å². The van der Waals surface area contributed by atoms with Gasteiger partial charge in [0.25, 0.3) is 0 Å². The summed E-state index contributed by atoms with van der Waals surface area (Å²) < 4.78 is 0. The normalized spacial score (nSPS) is 10.1. The smallest absolute Gasteiger partial charge is 0.248 e. The van der Waals surface area contributed by atoms with E-state index in [4.69, 9.17) is 17.2 Å². The molecule has 0 bridgehead atoms. The number of benzene rings is 2. The number of anilines is 4. The minimum Gasteiger partial charge on any atom is -0.399 e. The van der Waals surface area contributed by atoms with Crippen molar-refractivity contribution in [3.8, 4) is 0 Å². The van der Waals surface area contributed by atoms with Crippen molar-refractivity contribution in [1.29, 1.82) is 0 Å². The summed E-state index contributed by atoms with van der Waals surface area (Å²) in [7, 11) is 0. The summed E-state index contributed by atoms with van der Waals surface area (Å²) in [4.78, 5) is 11.8. The van der Waals surface area contributed by atoms with E-state index in [1.807, 2.05) is 0 Å². The summed E-state index contributed by atoms with van der Waals surface area (Å²) in [5.74, 6) is -0.266. The van der Waals surface area contributed by atoms with Crippen molar-refractivity contribution in [2.75, 3.05) is 22.5 Å². The third-order valence-corrected chi connectivity index (χ3v) is 2.68. The van der Waals surface area contributed by atoms with E-state index in [2.05, 4.69) is 5.32 Å². The van der Waals surface area contributed by atoms with Crippen molar-refractivity contribution in [2.45, 2.75) is 0 Å². The van der Waals surface area contributed by atoms with Crippen molar-refractivity contribution in [2.24, 2.45) is 0 Å². The zero-order valence-electron chi connectivity index (χ0n) is 11.2. The lowest BCUT2D eigenvalue weighted by Crippen LogP contribution is -2.08. The Kier molecular flexibility index (Phi) is 5.63. The monoisotopic (exact) mass is 304 g/mol. The maximum atomic E-state index is 11.8. The summed E-state index contributed by atoms with van der Waals surface area (Å²) in [5.41, 5.74) is 20.2. The molecule has 0 radical (unpaired) electrons. The standard InChI is InChI=1S/C15H16N4O.ClH/c16-11-2-1-3-13(9-11)19-15(20)7-4-10-8-12(17)5-6-14(10)18;/h1-9H,16-18H2,(H,19,20);1H. The first kappa shape index (κ1) is 16.4. The second-order valence-electron chi connectivity index (χ2n) is 4.34. The van der Waals surface area contributed by atoms with Gasteiger partial charge in [-0.15, -0.1) is 12.4 Å². The Morgan fingerprint density at radius 1 is 1.00 bits per heavy atom. The van der Waals surface area contributed by atoms with Gasteiger partial charge in [0.05, 0.1) is 0 Å². The van der Waals surface area contributed by atoms with E-state index in [0.717, 1.165) is 0 Å². The number of hydrogen-bond donors (Lipinski definition) is 4. The van der Waals surface area contributed by atoms with Gasteiger partial charge in [-0.2, -0.15) is 0 Å². The van der Waals surface area contributed by atoms with Crippen LogP contribution in [-0.4, -0.2) is 5.91 Å². The molecule has 0 saturated carbocycles. The fourth-order valence-electron chi connectivity index (χ4n) is 1.70. The molecule has 0 spiro atoms. The van der Waals surface area contributed by atoms with Crippen LogP contribution in [0, 0.1) is 0 Å². The van der Waals surface area contributed by atoms with Crippen molar-refractivity contribution in [3.63, 3.8) is 0 Å². The van der Waals surface area contributed by atoms with Gasteiger partial charge in [0.1, 0.15) is 0 Å². The topological polar surface area (TPSA) is 107 Å². The van der Waals surface area contributed by atoms with Gasteiger partial charge in [-0.05, 0) is 48.0 Å². The second-order valence-corrected chi connectivity index (χ2v) is 4.34. The molecule has 7 N–H and O–H groups in total. The van der Waals surface area contributed by atoms with Crippen molar-refractivity contribution in [1.82, 2.24) is 0 Å². The van der Waals surface area contributed by atoms with E-state index in [-0.39, 0.29) is 18.3 Å². The summed E-state index contributed by atoms with van der Waals surface area (Å²) in [6.07, 6.45) is 3.02. The maximum absolute atomic E-state index is 11.8. The number of amides is 1. The number of hydrogen-bond acceptors (Lipinski definition) is 4. The lowest BCUT2D eigenvalue weighted by Gasteiger charge is -2.04. The van der Waals surface area contributed by atoms with Gasteiger partial charge >= 0.3 is 0 Å². The molecule has 0 heterocycles. The third kappa shape index (κ3) is 4.74. The zero-order chi connectivity index (χ0) is 14.5. The molecule has 6 heteroatoms. The summed E-state index contributed by atoms with van der Waals surface area (Å²) >= 11 is 0. The summed E-state index contributed by atoms with van der Waals surface area (Å²) in [6, 6.07) is 12.1. The Hall–Kier alpha value is -2.66. The van der Waals surface area contributed by atoms with Crippen LogP contribution in [0.25, 0.3) is 6.08 Å². The van der Waals surface area contributed by atoms with E-state index in [0.29, 0.717) is 28.3 Å². The predicted octanol–water partition coefficient (Wildman–Crippen LogP) is 2.51. The molecule has 0 aliphatic carbocycles. The molecule has 0 aromatic heterocycles. The molecule has 5 nitrogen and oxygen atoms in total. The van der Waals surface area contributed by atoms with Crippen LogP contribution in [0.2, 0.25) is 0 Å². The van der Waals surface area contributed by atoms with Crippen LogP contribution in [0.4, 0.5) is 22.7 Å². The maximum Gasteiger partial charge on any atom is 0.248 e. The van der Waals surface area contributed by atoms with Gasteiger partial charge < -0.3 is 22.5 Å². The number of nitrogen functional groups attached to an aromatic ring is 3. The Morgan fingerprint density at radius 3 is 2.43 bits per heavy atom. The molecule has 110 valence electrons. The molecule has 2 rings (SSSR count). The first-order valence-electron chi connectivity index (χ1n) is 6.04. The second kappa shape index (κ2) is 7.21. The highest BCUT2D eigenvalue weighted by Crippen LogP contribution is 2.17. The number of nitrogens with two attached hydrogens (primary N) is 3.